The molecule has 23 heavy (non-hydrogen) atoms. The van der Waals surface area contributed by atoms with Crippen LogP contribution in [0.3, 0.4) is 0 Å². The first-order valence-electron chi connectivity index (χ1n) is 7.16. The molecule has 0 aliphatic carbocycles. The van der Waals surface area contributed by atoms with E-state index in [9.17, 15) is 4.79 Å². The normalized spacial score (nSPS) is 10.5. The summed E-state index contributed by atoms with van der Waals surface area (Å²) >= 11 is 2.22. The Hall–Kier alpha value is -2.15. The molecule has 3 aromatic rings. The highest BCUT2D eigenvalue weighted by atomic mass is 127. The molecule has 0 aliphatic rings. The second-order valence-corrected chi connectivity index (χ2v) is 6.37. The molecular formula is C18H15IN2O2. The van der Waals surface area contributed by atoms with Crippen LogP contribution in [0.15, 0.2) is 54.6 Å². The van der Waals surface area contributed by atoms with Gasteiger partial charge in [-0.15, -0.1) is 0 Å². The third kappa shape index (κ3) is 3.98. The molecule has 0 bridgehead atoms. The molecule has 1 amide bonds. The molecule has 0 fully saturated rings. The summed E-state index contributed by atoms with van der Waals surface area (Å²) in [6.07, 6.45) is 0. The number of carbonyl (C=O) groups is 1. The van der Waals surface area contributed by atoms with Crippen molar-refractivity contribution >= 4 is 45.1 Å². The van der Waals surface area contributed by atoms with Crippen LogP contribution in [0.1, 0.15) is 5.69 Å². The van der Waals surface area contributed by atoms with Gasteiger partial charge in [0.2, 0.25) is 0 Å². The monoisotopic (exact) mass is 418 g/mol. The summed E-state index contributed by atoms with van der Waals surface area (Å²) in [5.74, 6) is 0.417. The van der Waals surface area contributed by atoms with Crippen molar-refractivity contribution in [3.63, 3.8) is 0 Å². The van der Waals surface area contributed by atoms with Gasteiger partial charge in [-0.3, -0.25) is 4.79 Å². The van der Waals surface area contributed by atoms with E-state index in [1.165, 1.54) is 0 Å². The summed E-state index contributed by atoms with van der Waals surface area (Å²) in [5.41, 5.74) is 2.44. The molecule has 5 heteroatoms. The van der Waals surface area contributed by atoms with Crippen molar-refractivity contribution in [3.05, 3.63) is 63.9 Å². The number of rotatable bonds is 4. The van der Waals surface area contributed by atoms with E-state index in [1.54, 1.807) is 0 Å². The number of aryl methyl sites for hydroxylation is 1. The minimum Gasteiger partial charge on any atom is -0.481 e. The van der Waals surface area contributed by atoms with Crippen LogP contribution >= 0.6 is 22.6 Å². The fourth-order valence-electron chi connectivity index (χ4n) is 2.21. The average Bonchev–Trinajstić information content (AvgIpc) is 2.55. The van der Waals surface area contributed by atoms with Gasteiger partial charge in [0.15, 0.2) is 6.61 Å². The number of halogens is 1. The lowest BCUT2D eigenvalue weighted by atomic mass is 10.2. The molecule has 1 N–H and O–H groups in total. The van der Waals surface area contributed by atoms with Crippen molar-refractivity contribution in [3.8, 4) is 5.75 Å². The maximum absolute atomic E-state index is 12.0. The minimum atomic E-state index is -0.198. The molecule has 0 radical (unpaired) electrons. The Balaban J connectivity index is 1.69. The molecule has 0 atom stereocenters. The van der Waals surface area contributed by atoms with E-state index in [-0.39, 0.29) is 12.5 Å². The van der Waals surface area contributed by atoms with E-state index in [2.05, 4.69) is 32.9 Å². The molecule has 4 nitrogen and oxygen atoms in total. The topological polar surface area (TPSA) is 51.2 Å². The van der Waals surface area contributed by atoms with E-state index < -0.39 is 0 Å². The quantitative estimate of drug-likeness (QED) is 0.648. The van der Waals surface area contributed by atoms with Gasteiger partial charge >= 0.3 is 0 Å². The number of pyridine rings is 1. The molecule has 0 saturated heterocycles. The number of anilines is 1. The summed E-state index contributed by atoms with van der Waals surface area (Å²) < 4.78 is 6.78. The van der Waals surface area contributed by atoms with E-state index in [4.69, 9.17) is 4.74 Å². The van der Waals surface area contributed by atoms with Gasteiger partial charge in [-0.05, 0) is 65.9 Å². The second-order valence-electron chi connectivity index (χ2n) is 5.12. The summed E-state index contributed by atoms with van der Waals surface area (Å²) in [4.78, 5) is 16.5. The first-order valence-corrected chi connectivity index (χ1v) is 8.24. The summed E-state index contributed by atoms with van der Waals surface area (Å²) in [6, 6.07) is 17.2. The number of benzene rings is 2. The van der Waals surface area contributed by atoms with Gasteiger partial charge in [-0.1, -0.05) is 18.2 Å². The number of aromatic nitrogens is 1. The predicted octanol–water partition coefficient (Wildman–Crippen LogP) is 4.17. The first kappa shape index (κ1) is 15.7. The standard InChI is InChI=1S/C18H15IN2O2/c1-12-5-6-13-3-2-4-16(18(13)20-12)23-11-17(22)21-15-9-7-14(19)8-10-15/h2-10H,11H2,1H3,(H,21,22). The molecule has 1 aromatic heterocycles. The Morgan fingerprint density at radius 2 is 1.91 bits per heavy atom. The molecule has 0 saturated carbocycles. The molecule has 0 unspecified atom stereocenters. The fourth-order valence-corrected chi connectivity index (χ4v) is 2.57. The second kappa shape index (κ2) is 6.95. The number of ether oxygens (including phenoxy) is 1. The highest BCUT2D eigenvalue weighted by Gasteiger charge is 2.07. The van der Waals surface area contributed by atoms with Gasteiger partial charge in [0.1, 0.15) is 11.3 Å². The van der Waals surface area contributed by atoms with Crippen molar-refractivity contribution in [1.29, 1.82) is 0 Å². The zero-order valence-electron chi connectivity index (χ0n) is 12.5. The van der Waals surface area contributed by atoms with Gasteiger partial charge in [0, 0.05) is 20.3 Å². The highest BCUT2D eigenvalue weighted by Crippen LogP contribution is 2.23. The number of para-hydroxylation sites is 1. The van der Waals surface area contributed by atoms with Crippen molar-refractivity contribution < 1.29 is 9.53 Å². The highest BCUT2D eigenvalue weighted by molar-refractivity contribution is 14.1. The lowest BCUT2D eigenvalue weighted by molar-refractivity contribution is -0.118. The maximum Gasteiger partial charge on any atom is 0.262 e. The van der Waals surface area contributed by atoms with Gasteiger partial charge in [0.05, 0.1) is 0 Å². The van der Waals surface area contributed by atoms with Crippen LogP contribution in [-0.4, -0.2) is 17.5 Å². The van der Waals surface area contributed by atoms with Gasteiger partial charge in [0.25, 0.3) is 5.91 Å². The molecule has 0 spiro atoms. The number of hydrogen-bond donors (Lipinski definition) is 1. The van der Waals surface area contributed by atoms with Gasteiger partial charge in [-0.25, -0.2) is 4.98 Å². The van der Waals surface area contributed by atoms with Gasteiger partial charge < -0.3 is 10.1 Å². The van der Waals surface area contributed by atoms with Crippen LogP contribution < -0.4 is 10.1 Å². The smallest absolute Gasteiger partial charge is 0.262 e. The summed E-state index contributed by atoms with van der Waals surface area (Å²) in [6.45, 7) is 1.88. The summed E-state index contributed by atoms with van der Waals surface area (Å²) in [7, 11) is 0. The summed E-state index contributed by atoms with van der Waals surface area (Å²) in [5, 5.41) is 3.80. The number of nitrogens with zero attached hydrogens (tertiary/aromatic N) is 1. The van der Waals surface area contributed by atoms with E-state index in [1.807, 2.05) is 61.5 Å². The third-order valence-corrected chi connectivity index (χ3v) is 4.03. The predicted molar refractivity (Wildman–Crippen MR) is 99.8 cm³/mol. The molecule has 1 heterocycles. The number of amides is 1. The van der Waals surface area contributed by atoms with E-state index in [0.717, 1.165) is 25.9 Å². The Kier molecular flexibility index (Phi) is 4.76. The van der Waals surface area contributed by atoms with E-state index in [0.29, 0.717) is 5.75 Å². The molecule has 2 aromatic carbocycles. The van der Waals surface area contributed by atoms with Crippen molar-refractivity contribution in [2.24, 2.45) is 0 Å². The van der Waals surface area contributed by atoms with Crippen molar-refractivity contribution in [1.82, 2.24) is 4.98 Å². The van der Waals surface area contributed by atoms with Crippen LogP contribution in [0.5, 0.6) is 5.75 Å². The van der Waals surface area contributed by atoms with Crippen LogP contribution in [0.4, 0.5) is 5.69 Å². The average molecular weight is 418 g/mol. The SMILES string of the molecule is Cc1ccc2cccc(OCC(=O)Nc3ccc(I)cc3)c2n1. The van der Waals surface area contributed by atoms with Crippen LogP contribution in [-0.2, 0) is 4.79 Å². The van der Waals surface area contributed by atoms with E-state index >= 15 is 0 Å². The first-order chi connectivity index (χ1) is 11.1. The zero-order chi connectivity index (χ0) is 16.2. The molecular weight excluding hydrogens is 403 g/mol. The lowest BCUT2D eigenvalue weighted by Gasteiger charge is -2.10. The number of fused-ring (bicyclic) bond motifs is 1. The largest absolute Gasteiger partial charge is 0.481 e. The lowest BCUT2D eigenvalue weighted by Crippen LogP contribution is -2.20. The molecule has 116 valence electrons. The van der Waals surface area contributed by atoms with Crippen LogP contribution in [0.2, 0.25) is 0 Å². The maximum atomic E-state index is 12.0. The number of carbonyl (C=O) groups excluding carboxylic acids is 1. The molecule has 0 aliphatic heterocycles. The Bertz CT molecular complexity index is 847. The van der Waals surface area contributed by atoms with Gasteiger partial charge in [-0.2, -0.15) is 0 Å². The van der Waals surface area contributed by atoms with Crippen LogP contribution in [0.25, 0.3) is 10.9 Å². The minimum absolute atomic E-state index is 0.0548. The Morgan fingerprint density at radius 3 is 2.70 bits per heavy atom. The van der Waals surface area contributed by atoms with Crippen molar-refractivity contribution in [2.45, 2.75) is 6.92 Å². The van der Waals surface area contributed by atoms with Crippen molar-refractivity contribution in [2.75, 3.05) is 11.9 Å². The molecule has 3 rings (SSSR count). The zero-order valence-corrected chi connectivity index (χ0v) is 14.7. The number of nitrogens with one attached hydrogen (secondary N) is 1. The Morgan fingerprint density at radius 1 is 1.13 bits per heavy atom. The fraction of sp³-hybridized carbons (Fsp3) is 0.111. The van der Waals surface area contributed by atoms with Crippen LogP contribution in [0, 0.1) is 10.5 Å². The third-order valence-electron chi connectivity index (χ3n) is 3.31. The Labute approximate surface area is 148 Å². The number of hydrogen-bond acceptors (Lipinski definition) is 3.